The van der Waals surface area contributed by atoms with E-state index in [1.807, 2.05) is 44.2 Å². The number of hydrogen-bond acceptors (Lipinski definition) is 3. The Bertz CT molecular complexity index is 496. The Morgan fingerprint density at radius 1 is 1.24 bits per heavy atom. The molecule has 0 radical (unpaired) electrons. The lowest BCUT2D eigenvalue weighted by molar-refractivity contribution is -0.936. The van der Waals surface area contributed by atoms with Crippen molar-refractivity contribution in [3.63, 3.8) is 0 Å². The number of quaternary nitrogens is 1. The maximum atomic E-state index is 12.4. The summed E-state index contributed by atoms with van der Waals surface area (Å²) in [5, 5.41) is 2.21. The molecule has 0 aromatic heterocycles. The van der Waals surface area contributed by atoms with Crippen LogP contribution in [0.5, 0.6) is 0 Å². The van der Waals surface area contributed by atoms with Crippen LogP contribution in [0.4, 0.5) is 4.79 Å². The van der Waals surface area contributed by atoms with Gasteiger partial charge in [-0.05, 0) is 13.8 Å². The van der Waals surface area contributed by atoms with E-state index in [4.69, 9.17) is 10.5 Å². The van der Waals surface area contributed by atoms with Crippen molar-refractivity contribution >= 4 is 11.9 Å². The summed E-state index contributed by atoms with van der Waals surface area (Å²) in [6.07, 6.45) is 0.132. The first-order chi connectivity index (χ1) is 9.97. The first-order valence-electron chi connectivity index (χ1n) is 7.12. The van der Waals surface area contributed by atoms with E-state index >= 15 is 0 Å². The number of nitrogens with one attached hydrogen (secondary N) is 2. The van der Waals surface area contributed by atoms with Crippen LogP contribution in [0.25, 0.3) is 0 Å². The zero-order valence-electron chi connectivity index (χ0n) is 12.3. The third-order valence-corrected chi connectivity index (χ3v) is 3.61. The molecule has 1 aliphatic rings. The summed E-state index contributed by atoms with van der Waals surface area (Å²) < 4.78 is 5.72. The highest BCUT2D eigenvalue weighted by molar-refractivity contribution is 5.96. The number of carbonyl (C=O) groups excluding carboxylic acids is 2. The van der Waals surface area contributed by atoms with E-state index in [1.54, 1.807) is 0 Å². The van der Waals surface area contributed by atoms with E-state index in [-0.39, 0.29) is 18.1 Å². The van der Waals surface area contributed by atoms with Gasteiger partial charge in [-0.3, -0.25) is 10.1 Å². The molecule has 1 fully saturated rings. The molecule has 1 heterocycles. The average Bonchev–Trinajstić information content (AvgIpc) is 2.38. The highest BCUT2D eigenvalue weighted by Gasteiger charge is 2.37. The fraction of sp³-hybridized carbons (Fsp3) is 0.467. The molecule has 3 atom stereocenters. The lowest BCUT2D eigenvalue weighted by Crippen LogP contribution is -3.16. The van der Waals surface area contributed by atoms with Gasteiger partial charge in [0.25, 0.3) is 5.91 Å². The smallest absolute Gasteiger partial charge is 0.319 e. The molecule has 6 nitrogen and oxygen atoms in total. The van der Waals surface area contributed by atoms with Gasteiger partial charge < -0.3 is 15.4 Å². The number of morpholine rings is 1. The van der Waals surface area contributed by atoms with Crippen LogP contribution in [0.2, 0.25) is 0 Å². The molecule has 21 heavy (non-hydrogen) atoms. The largest absolute Gasteiger partial charge is 0.364 e. The fourth-order valence-corrected chi connectivity index (χ4v) is 2.96. The Labute approximate surface area is 124 Å². The lowest BCUT2D eigenvalue weighted by atomic mass is 10.0. The highest BCUT2D eigenvalue weighted by atomic mass is 16.5. The summed E-state index contributed by atoms with van der Waals surface area (Å²) in [7, 11) is 0. The number of primary amides is 1. The molecule has 6 heteroatoms. The van der Waals surface area contributed by atoms with Gasteiger partial charge in [0.1, 0.15) is 25.3 Å². The molecule has 0 bridgehead atoms. The molecule has 3 amide bonds. The molecule has 1 saturated heterocycles. The van der Waals surface area contributed by atoms with E-state index in [2.05, 4.69) is 5.32 Å². The van der Waals surface area contributed by atoms with Crippen molar-refractivity contribution < 1.29 is 19.2 Å². The number of hydrogen-bond donors (Lipinski definition) is 3. The second kappa shape index (κ2) is 6.69. The minimum atomic E-state index is -0.824. The minimum absolute atomic E-state index is 0.0661. The summed E-state index contributed by atoms with van der Waals surface area (Å²) in [6.45, 7) is 5.39. The van der Waals surface area contributed by atoms with Crippen LogP contribution in [0, 0.1) is 0 Å². The molecular formula is C15H22N3O3+. The topological polar surface area (TPSA) is 85.9 Å². The predicted octanol–water partition coefficient (Wildman–Crippen LogP) is -0.385. The summed E-state index contributed by atoms with van der Waals surface area (Å²) in [5.41, 5.74) is 5.96. The van der Waals surface area contributed by atoms with Crippen LogP contribution in [0.15, 0.2) is 30.3 Å². The first kappa shape index (κ1) is 15.5. The highest BCUT2D eigenvalue weighted by Crippen LogP contribution is 2.12. The third-order valence-electron chi connectivity index (χ3n) is 3.61. The predicted molar refractivity (Wildman–Crippen MR) is 77.6 cm³/mol. The van der Waals surface area contributed by atoms with Gasteiger partial charge in [-0.2, -0.15) is 0 Å². The van der Waals surface area contributed by atoms with Gasteiger partial charge in [-0.15, -0.1) is 0 Å². The summed E-state index contributed by atoms with van der Waals surface area (Å²) in [4.78, 5) is 24.5. The Hall–Kier alpha value is -1.92. The number of benzene rings is 1. The summed E-state index contributed by atoms with van der Waals surface area (Å²) in [5.74, 6) is -0.370. The van der Waals surface area contributed by atoms with E-state index < -0.39 is 12.1 Å². The van der Waals surface area contributed by atoms with Gasteiger partial charge in [-0.1, -0.05) is 30.3 Å². The van der Waals surface area contributed by atoms with Gasteiger partial charge in [0.15, 0.2) is 6.04 Å². The van der Waals surface area contributed by atoms with Crippen LogP contribution < -0.4 is 16.0 Å². The van der Waals surface area contributed by atoms with Crippen LogP contribution in [-0.4, -0.2) is 37.2 Å². The number of rotatable bonds is 3. The van der Waals surface area contributed by atoms with E-state index in [9.17, 15) is 9.59 Å². The normalized spacial score (nSPS) is 26.9. The molecule has 0 saturated carbocycles. The Kier molecular flexibility index (Phi) is 4.93. The van der Waals surface area contributed by atoms with Crippen LogP contribution in [0.3, 0.4) is 0 Å². The Morgan fingerprint density at radius 3 is 2.33 bits per heavy atom. The van der Waals surface area contributed by atoms with Crippen molar-refractivity contribution in [3.05, 3.63) is 35.9 Å². The maximum absolute atomic E-state index is 12.4. The van der Waals surface area contributed by atoms with Crippen LogP contribution >= 0.6 is 0 Å². The van der Waals surface area contributed by atoms with E-state index in [0.717, 1.165) is 10.5 Å². The second-order valence-electron chi connectivity index (χ2n) is 5.52. The number of carbonyl (C=O) groups is 2. The number of urea groups is 1. The molecule has 4 N–H and O–H groups in total. The molecule has 1 aromatic rings. The van der Waals surface area contributed by atoms with Crippen molar-refractivity contribution in [2.24, 2.45) is 5.73 Å². The SMILES string of the molecule is C[C@H]1C[NH+]([C@H](C(=O)NC(N)=O)c2ccccc2)C[C@H](C)O1. The number of nitrogens with two attached hydrogens (primary N) is 1. The monoisotopic (exact) mass is 292 g/mol. The molecule has 114 valence electrons. The molecule has 0 unspecified atom stereocenters. The van der Waals surface area contributed by atoms with Gasteiger partial charge in [0, 0.05) is 5.56 Å². The molecule has 2 rings (SSSR count). The zero-order valence-corrected chi connectivity index (χ0v) is 12.3. The van der Waals surface area contributed by atoms with Crippen molar-refractivity contribution in [1.82, 2.24) is 5.32 Å². The second-order valence-corrected chi connectivity index (χ2v) is 5.52. The maximum Gasteiger partial charge on any atom is 0.319 e. The number of imide groups is 1. The van der Waals surface area contributed by atoms with E-state index in [1.165, 1.54) is 0 Å². The van der Waals surface area contributed by atoms with Crippen LogP contribution in [0.1, 0.15) is 25.5 Å². The summed E-state index contributed by atoms with van der Waals surface area (Å²) in [6, 6.07) is 8.15. The number of ether oxygens (including phenoxy) is 1. The average molecular weight is 292 g/mol. The standard InChI is InChI=1S/C15H21N3O3/c1-10-8-18(9-11(2)21-10)13(14(19)17-15(16)20)12-6-4-3-5-7-12/h3-7,10-11,13H,8-9H2,1-2H3,(H3,16,17,19,20)/p+1/t10-,11-,13-/m0/s1. The first-order valence-corrected chi connectivity index (χ1v) is 7.12. The van der Waals surface area contributed by atoms with Crippen molar-refractivity contribution in [1.29, 1.82) is 0 Å². The van der Waals surface area contributed by atoms with Crippen molar-refractivity contribution in [2.45, 2.75) is 32.1 Å². The van der Waals surface area contributed by atoms with E-state index in [0.29, 0.717) is 13.1 Å². The molecule has 1 aromatic carbocycles. The number of amides is 3. The van der Waals surface area contributed by atoms with Gasteiger partial charge in [0.2, 0.25) is 0 Å². The fourth-order valence-electron chi connectivity index (χ4n) is 2.96. The van der Waals surface area contributed by atoms with Crippen molar-refractivity contribution in [3.8, 4) is 0 Å². The van der Waals surface area contributed by atoms with Crippen molar-refractivity contribution in [2.75, 3.05) is 13.1 Å². The van der Waals surface area contributed by atoms with Gasteiger partial charge >= 0.3 is 6.03 Å². The third kappa shape index (κ3) is 4.03. The Balaban J connectivity index is 2.27. The Morgan fingerprint density at radius 2 is 1.81 bits per heavy atom. The molecule has 0 spiro atoms. The minimum Gasteiger partial charge on any atom is -0.364 e. The quantitative estimate of drug-likeness (QED) is 0.709. The lowest BCUT2D eigenvalue weighted by Gasteiger charge is -2.36. The van der Waals surface area contributed by atoms with Crippen LogP contribution in [-0.2, 0) is 9.53 Å². The van der Waals surface area contributed by atoms with Gasteiger partial charge in [0.05, 0.1) is 0 Å². The zero-order chi connectivity index (χ0) is 15.4. The van der Waals surface area contributed by atoms with Gasteiger partial charge in [-0.25, -0.2) is 4.79 Å². The summed E-state index contributed by atoms with van der Waals surface area (Å²) >= 11 is 0. The molecular weight excluding hydrogens is 270 g/mol. The molecule has 0 aliphatic carbocycles. The molecule has 1 aliphatic heterocycles.